The molecule has 1 amide bonds. The molecule has 0 radical (unpaired) electrons. The lowest BCUT2D eigenvalue weighted by atomic mass is 9.52. The number of hydrogen-bond acceptors (Lipinski definition) is 4. The Kier molecular flexibility index (Phi) is 3.26. The van der Waals surface area contributed by atoms with Crippen LogP contribution in [0.1, 0.15) is 46.0 Å². The topological polar surface area (TPSA) is 53.0 Å². The zero-order valence-corrected chi connectivity index (χ0v) is 15.8. The number of carbonyl (C=O) groups excluding carboxylic acids is 1. The number of aliphatic hydroxyl groups is 1. The van der Waals surface area contributed by atoms with Crippen LogP contribution in [0, 0.1) is 17.8 Å². The van der Waals surface area contributed by atoms with Gasteiger partial charge in [0.15, 0.2) is 0 Å². The van der Waals surface area contributed by atoms with Gasteiger partial charge in [0, 0.05) is 0 Å². The number of ether oxygens (including phenoxy) is 1. The van der Waals surface area contributed by atoms with E-state index >= 15 is 0 Å². The number of nitrogens with zero attached hydrogens (tertiary/aromatic N) is 2. The van der Waals surface area contributed by atoms with Crippen molar-refractivity contribution in [1.82, 2.24) is 5.01 Å². The van der Waals surface area contributed by atoms with Crippen molar-refractivity contribution in [1.29, 1.82) is 0 Å². The third kappa shape index (κ3) is 2.04. The number of rotatable bonds is 3. The number of para-hydroxylation sites is 2. The van der Waals surface area contributed by atoms with Crippen molar-refractivity contribution in [3.8, 4) is 5.75 Å². The van der Waals surface area contributed by atoms with E-state index in [0.29, 0.717) is 17.8 Å². The van der Waals surface area contributed by atoms with Gasteiger partial charge in [-0.1, -0.05) is 12.1 Å². The number of anilines is 1. The van der Waals surface area contributed by atoms with Crippen LogP contribution in [-0.2, 0) is 4.79 Å². The molecular weight excluding hydrogens is 328 g/mol. The van der Waals surface area contributed by atoms with E-state index in [2.05, 4.69) is 5.01 Å². The summed E-state index contributed by atoms with van der Waals surface area (Å²) in [6.45, 7) is 3.98. The number of benzene rings is 1. The Morgan fingerprint density at radius 1 is 1.12 bits per heavy atom. The third-order valence-electron chi connectivity index (χ3n) is 7.26. The lowest BCUT2D eigenvalue weighted by molar-refractivity contribution is -0.190. The monoisotopic (exact) mass is 356 g/mol. The highest BCUT2D eigenvalue weighted by molar-refractivity contribution is 5.98. The van der Waals surface area contributed by atoms with Gasteiger partial charge in [0.2, 0.25) is 0 Å². The van der Waals surface area contributed by atoms with Gasteiger partial charge in [0.25, 0.3) is 5.91 Å². The summed E-state index contributed by atoms with van der Waals surface area (Å²) in [6, 6.07) is 8.14. The lowest BCUT2D eigenvalue weighted by Gasteiger charge is -2.67. The van der Waals surface area contributed by atoms with Crippen LogP contribution in [0.2, 0.25) is 0 Å². The molecule has 5 heteroatoms. The standard InChI is InChI=1S/C21H28N2O3/c1-20(2)19(24)22(23(20)16-6-4-5-7-17(16)26-3)18-14-8-13-9-15(18)12-21(25,10-13)11-14/h4-7,13-15,18,25H,8-12H2,1-3H3/t13?,14-,15+,18?,21?. The smallest absolute Gasteiger partial charge is 0.268 e. The van der Waals surface area contributed by atoms with Crippen molar-refractivity contribution in [3.63, 3.8) is 0 Å². The molecule has 1 heterocycles. The van der Waals surface area contributed by atoms with Crippen molar-refractivity contribution in [2.45, 2.75) is 63.1 Å². The molecule has 4 saturated carbocycles. The van der Waals surface area contributed by atoms with Crippen molar-refractivity contribution in [3.05, 3.63) is 24.3 Å². The summed E-state index contributed by atoms with van der Waals surface area (Å²) in [5, 5.41) is 15.0. The summed E-state index contributed by atoms with van der Waals surface area (Å²) in [5.41, 5.74) is -0.0987. The molecule has 1 N–H and O–H groups in total. The van der Waals surface area contributed by atoms with Gasteiger partial charge >= 0.3 is 0 Å². The Hall–Kier alpha value is -1.75. The minimum absolute atomic E-state index is 0.188. The molecule has 1 saturated heterocycles. The molecule has 4 aliphatic carbocycles. The summed E-state index contributed by atoms with van der Waals surface area (Å²) in [6.07, 6.45) is 4.94. The molecule has 1 aliphatic heterocycles. The predicted molar refractivity (Wildman–Crippen MR) is 98.7 cm³/mol. The first-order chi connectivity index (χ1) is 12.3. The van der Waals surface area contributed by atoms with Crippen LogP contribution in [0.5, 0.6) is 5.75 Å². The van der Waals surface area contributed by atoms with Crippen molar-refractivity contribution in [2.75, 3.05) is 12.1 Å². The summed E-state index contributed by atoms with van der Waals surface area (Å²) in [5.74, 6) is 2.43. The minimum Gasteiger partial charge on any atom is -0.495 e. The maximum atomic E-state index is 13.2. The number of carbonyl (C=O) groups is 1. The SMILES string of the molecule is COc1ccccc1N1N(C2[C@@H]3CC4C[C@H]2CC(O)(C4)C3)C(=O)C1(C)C. The van der Waals surface area contributed by atoms with E-state index in [1.807, 2.05) is 43.1 Å². The van der Waals surface area contributed by atoms with Crippen molar-refractivity contribution < 1.29 is 14.6 Å². The number of hydrazine groups is 1. The van der Waals surface area contributed by atoms with Crippen LogP contribution in [-0.4, -0.2) is 40.3 Å². The molecule has 1 aromatic rings. The van der Waals surface area contributed by atoms with E-state index in [4.69, 9.17) is 4.74 Å². The first-order valence-electron chi connectivity index (χ1n) is 9.83. The van der Waals surface area contributed by atoms with Crippen LogP contribution < -0.4 is 9.75 Å². The molecule has 0 spiro atoms. The van der Waals surface area contributed by atoms with Crippen LogP contribution >= 0.6 is 0 Å². The van der Waals surface area contributed by atoms with Crippen LogP contribution in [0.3, 0.4) is 0 Å². The highest BCUT2D eigenvalue weighted by atomic mass is 16.5. The van der Waals surface area contributed by atoms with Gasteiger partial charge in [-0.25, -0.2) is 5.01 Å². The Morgan fingerprint density at radius 2 is 1.77 bits per heavy atom. The first-order valence-corrected chi connectivity index (χ1v) is 9.83. The second-order valence-corrected chi connectivity index (χ2v) is 9.38. The molecular formula is C21H28N2O3. The van der Waals surface area contributed by atoms with Gasteiger partial charge in [-0.2, -0.15) is 0 Å². The lowest BCUT2D eigenvalue weighted by Crippen LogP contribution is -2.81. The molecule has 6 rings (SSSR count). The molecule has 3 unspecified atom stereocenters. The molecule has 5 aliphatic rings. The molecule has 140 valence electrons. The van der Waals surface area contributed by atoms with E-state index in [1.165, 1.54) is 0 Å². The molecule has 26 heavy (non-hydrogen) atoms. The molecule has 1 aromatic carbocycles. The highest BCUT2D eigenvalue weighted by Crippen LogP contribution is 2.59. The normalized spacial score (nSPS) is 39.9. The molecule has 5 atom stereocenters. The average molecular weight is 356 g/mol. The second-order valence-electron chi connectivity index (χ2n) is 9.38. The minimum atomic E-state index is -0.569. The van der Waals surface area contributed by atoms with E-state index in [-0.39, 0.29) is 11.9 Å². The van der Waals surface area contributed by atoms with Crippen molar-refractivity contribution in [2.24, 2.45) is 17.8 Å². The van der Waals surface area contributed by atoms with Gasteiger partial charge in [-0.15, -0.1) is 0 Å². The summed E-state index contributed by atoms with van der Waals surface area (Å²) in [4.78, 5) is 13.2. The number of hydrogen-bond donors (Lipinski definition) is 1. The van der Waals surface area contributed by atoms with E-state index < -0.39 is 11.1 Å². The van der Waals surface area contributed by atoms with E-state index in [0.717, 1.165) is 43.5 Å². The van der Waals surface area contributed by atoms with Gasteiger partial charge in [-0.05, 0) is 75.8 Å². The van der Waals surface area contributed by atoms with E-state index in [1.54, 1.807) is 7.11 Å². The zero-order chi connectivity index (χ0) is 18.3. The first kappa shape index (κ1) is 16.4. The van der Waals surface area contributed by atoms with Gasteiger partial charge < -0.3 is 9.84 Å². The molecule has 0 aromatic heterocycles. The highest BCUT2D eigenvalue weighted by Gasteiger charge is 2.63. The van der Waals surface area contributed by atoms with Crippen molar-refractivity contribution >= 4 is 11.6 Å². The molecule has 4 bridgehead atoms. The Balaban J connectivity index is 1.53. The zero-order valence-electron chi connectivity index (χ0n) is 15.8. The second kappa shape index (κ2) is 5.16. The van der Waals surface area contributed by atoms with Gasteiger partial charge in [0.1, 0.15) is 17.0 Å². The Bertz CT molecular complexity index is 745. The molecule has 5 nitrogen and oxygen atoms in total. The number of amides is 1. The Morgan fingerprint density at radius 3 is 2.38 bits per heavy atom. The maximum absolute atomic E-state index is 13.2. The van der Waals surface area contributed by atoms with Crippen LogP contribution in [0.15, 0.2) is 24.3 Å². The largest absolute Gasteiger partial charge is 0.495 e. The summed E-state index contributed by atoms with van der Waals surface area (Å²) in [7, 11) is 1.68. The summed E-state index contributed by atoms with van der Waals surface area (Å²) >= 11 is 0. The van der Waals surface area contributed by atoms with Crippen LogP contribution in [0.25, 0.3) is 0 Å². The molecule has 5 fully saturated rings. The summed E-state index contributed by atoms with van der Waals surface area (Å²) < 4.78 is 5.58. The predicted octanol–water partition coefficient (Wildman–Crippen LogP) is 2.98. The van der Waals surface area contributed by atoms with Gasteiger partial charge in [-0.3, -0.25) is 9.80 Å². The van der Waals surface area contributed by atoms with E-state index in [9.17, 15) is 9.90 Å². The quantitative estimate of drug-likeness (QED) is 0.905. The average Bonchev–Trinajstić information content (AvgIpc) is 2.58. The van der Waals surface area contributed by atoms with Crippen LogP contribution in [0.4, 0.5) is 5.69 Å². The fraction of sp³-hybridized carbons (Fsp3) is 0.667. The fourth-order valence-corrected chi connectivity index (χ4v) is 6.53. The third-order valence-corrected chi connectivity index (χ3v) is 7.26. The fourth-order valence-electron chi connectivity index (χ4n) is 6.53. The Labute approximate surface area is 154 Å². The maximum Gasteiger partial charge on any atom is 0.268 e. The number of methoxy groups -OCH3 is 1. The van der Waals surface area contributed by atoms with Gasteiger partial charge in [0.05, 0.1) is 18.8 Å².